The molecule has 0 fully saturated rings. The molecule has 0 unspecified atom stereocenters. The second-order valence-corrected chi connectivity index (χ2v) is 6.78. The molecule has 0 aromatic heterocycles. The summed E-state index contributed by atoms with van der Waals surface area (Å²) in [6, 6.07) is 21.7. The van der Waals surface area contributed by atoms with Crippen LogP contribution in [0.15, 0.2) is 73.3 Å². The maximum absolute atomic E-state index is 4.23. The number of allylic oxidation sites excluding steroid dienone is 1. The van der Waals surface area contributed by atoms with Crippen molar-refractivity contribution in [3.05, 3.63) is 84.4 Å². The minimum absolute atomic E-state index is 0.0636. The van der Waals surface area contributed by atoms with E-state index in [2.05, 4.69) is 80.2 Å². The van der Waals surface area contributed by atoms with Crippen molar-refractivity contribution in [2.24, 2.45) is 0 Å². The summed E-state index contributed by atoms with van der Waals surface area (Å²) in [4.78, 5) is 0. The van der Waals surface area contributed by atoms with Crippen molar-refractivity contribution in [2.45, 2.75) is 63.7 Å². The van der Waals surface area contributed by atoms with E-state index in [9.17, 15) is 0 Å². The van der Waals surface area contributed by atoms with Crippen LogP contribution in [0.25, 0.3) is 0 Å². The minimum atomic E-state index is -0.0636. The molecule has 0 saturated heterocycles. The first-order valence-corrected chi connectivity index (χ1v) is 9.58. The Morgan fingerprint density at radius 3 is 1.62 bits per heavy atom. The van der Waals surface area contributed by atoms with Crippen LogP contribution in [0.5, 0.6) is 0 Å². The summed E-state index contributed by atoms with van der Waals surface area (Å²) in [5.41, 5.74) is 2.65. The maximum atomic E-state index is 4.23. The van der Waals surface area contributed by atoms with Crippen molar-refractivity contribution in [3.63, 3.8) is 0 Å². The molecule has 0 heterocycles. The van der Waals surface area contributed by atoms with Gasteiger partial charge >= 0.3 is 0 Å². The van der Waals surface area contributed by atoms with Crippen molar-refractivity contribution in [3.8, 4) is 0 Å². The fraction of sp³-hybridized carbons (Fsp3) is 0.417. The molecule has 2 rings (SSSR count). The molecule has 0 nitrogen and oxygen atoms in total. The lowest BCUT2D eigenvalue weighted by atomic mass is 9.71. The Bertz CT molecular complexity index is 528. The number of unbranched alkanes of at least 4 members (excludes halogenated alkanes) is 6. The second kappa shape index (κ2) is 10.1. The molecule has 2 aromatic carbocycles. The minimum Gasteiger partial charge on any atom is -0.102 e. The standard InChI is InChI=1S/C24H32/c1-3-5-6-7-8-9-16-21-24(4-2,22-17-12-10-13-18-22)23-19-14-11-15-20-23/h4,10-15,17-20H,2-3,5-9,16,21H2,1H3. The van der Waals surface area contributed by atoms with Gasteiger partial charge in [-0.05, 0) is 17.5 Å². The fourth-order valence-corrected chi connectivity index (χ4v) is 3.63. The summed E-state index contributed by atoms with van der Waals surface area (Å²) >= 11 is 0. The zero-order valence-corrected chi connectivity index (χ0v) is 15.2. The third kappa shape index (κ3) is 4.84. The van der Waals surface area contributed by atoms with E-state index in [0.29, 0.717) is 0 Å². The lowest BCUT2D eigenvalue weighted by Gasteiger charge is -2.32. The monoisotopic (exact) mass is 320 g/mol. The third-order valence-electron chi connectivity index (χ3n) is 5.10. The van der Waals surface area contributed by atoms with Gasteiger partial charge in [0.15, 0.2) is 0 Å². The molecule has 0 aliphatic heterocycles. The van der Waals surface area contributed by atoms with Gasteiger partial charge in [0.2, 0.25) is 0 Å². The van der Waals surface area contributed by atoms with Crippen molar-refractivity contribution >= 4 is 0 Å². The molecule has 24 heavy (non-hydrogen) atoms. The lowest BCUT2D eigenvalue weighted by Crippen LogP contribution is -2.25. The molecule has 0 radical (unpaired) electrons. The normalized spacial score (nSPS) is 11.4. The number of benzene rings is 2. The van der Waals surface area contributed by atoms with E-state index in [-0.39, 0.29) is 5.41 Å². The maximum Gasteiger partial charge on any atom is 0.0379 e. The van der Waals surface area contributed by atoms with E-state index in [1.54, 1.807) is 0 Å². The quantitative estimate of drug-likeness (QED) is 0.301. The van der Waals surface area contributed by atoms with Gasteiger partial charge in [0.1, 0.15) is 0 Å². The Labute approximate surface area is 148 Å². The van der Waals surface area contributed by atoms with E-state index < -0.39 is 0 Å². The molecule has 0 saturated carbocycles. The smallest absolute Gasteiger partial charge is 0.0379 e. The highest BCUT2D eigenvalue weighted by Gasteiger charge is 2.30. The van der Waals surface area contributed by atoms with Gasteiger partial charge in [-0.15, -0.1) is 6.58 Å². The van der Waals surface area contributed by atoms with Gasteiger partial charge in [0.25, 0.3) is 0 Å². The van der Waals surface area contributed by atoms with Gasteiger partial charge < -0.3 is 0 Å². The van der Waals surface area contributed by atoms with Crippen LogP contribution >= 0.6 is 0 Å². The molecular formula is C24H32. The third-order valence-corrected chi connectivity index (χ3v) is 5.10. The lowest BCUT2D eigenvalue weighted by molar-refractivity contribution is 0.508. The Morgan fingerprint density at radius 2 is 1.17 bits per heavy atom. The van der Waals surface area contributed by atoms with Crippen molar-refractivity contribution in [1.82, 2.24) is 0 Å². The largest absolute Gasteiger partial charge is 0.102 e. The molecule has 0 amide bonds. The van der Waals surface area contributed by atoms with Gasteiger partial charge in [-0.2, -0.15) is 0 Å². The SMILES string of the molecule is C=CC(CCCCCCCCC)(c1ccccc1)c1ccccc1. The highest BCUT2D eigenvalue weighted by atomic mass is 14.3. The number of hydrogen-bond donors (Lipinski definition) is 0. The van der Waals surface area contributed by atoms with Crippen molar-refractivity contribution < 1.29 is 0 Å². The molecule has 0 atom stereocenters. The topological polar surface area (TPSA) is 0 Å². The Morgan fingerprint density at radius 1 is 0.708 bits per heavy atom. The molecule has 2 aromatic rings. The molecule has 0 heteroatoms. The van der Waals surface area contributed by atoms with Gasteiger partial charge in [0.05, 0.1) is 0 Å². The summed E-state index contributed by atoms with van der Waals surface area (Å²) < 4.78 is 0. The Balaban J connectivity index is 2.08. The summed E-state index contributed by atoms with van der Waals surface area (Å²) in [6.45, 7) is 6.50. The van der Waals surface area contributed by atoms with Crippen LogP contribution in [-0.2, 0) is 5.41 Å². The van der Waals surface area contributed by atoms with Crippen LogP contribution in [-0.4, -0.2) is 0 Å². The van der Waals surface area contributed by atoms with Crippen LogP contribution in [0.3, 0.4) is 0 Å². The summed E-state index contributed by atoms with van der Waals surface area (Å²) in [5.74, 6) is 0. The highest BCUT2D eigenvalue weighted by molar-refractivity contribution is 5.43. The van der Waals surface area contributed by atoms with E-state index in [1.807, 2.05) is 0 Å². The summed E-state index contributed by atoms with van der Waals surface area (Å²) in [5, 5.41) is 0. The Kier molecular flexibility index (Phi) is 7.82. The fourth-order valence-electron chi connectivity index (χ4n) is 3.63. The van der Waals surface area contributed by atoms with E-state index >= 15 is 0 Å². The summed E-state index contributed by atoms with van der Waals surface area (Å²) in [7, 11) is 0. The van der Waals surface area contributed by atoms with Gasteiger partial charge in [-0.3, -0.25) is 0 Å². The van der Waals surface area contributed by atoms with Crippen LogP contribution in [0.1, 0.15) is 69.4 Å². The molecule has 0 N–H and O–H groups in total. The first-order valence-electron chi connectivity index (χ1n) is 9.58. The average molecular weight is 321 g/mol. The molecule has 0 bridgehead atoms. The van der Waals surface area contributed by atoms with E-state index in [0.717, 1.165) is 6.42 Å². The first kappa shape index (κ1) is 18.5. The molecule has 128 valence electrons. The zero-order chi connectivity index (χ0) is 17.1. The number of rotatable bonds is 11. The first-order chi connectivity index (χ1) is 11.8. The van der Waals surface area contributed by atoms with Crippen molar-refractivity contribution in [2.75, 3.05) is 0 Å². The molecule has 0 aliphatic carbocycles. The summed E-state index contributed by atoms with van der Waals surface area (Å²) in [6.07, 6.45) is 12.7. The van der Waals surface area contributed by atoms with Gasteiger partial charge in [-0.25, -0.2) is 0 Å². The Hall–Kier alpha value is -1.82. The molecular weight excluding hydrogens is 288 g/mol. The van der Waals surface area contributed by atoms with E-state index in [1.165, 1.54) is 56.1 Å². The zero-order valence-electron chi connectivity index (χ0n) is 15.2. The van der Waals surface area contributed by atoms with Crippen LogP contribution in [0.4, 0.5) is 0 Å². The highest BCUT2D eigenvalue weighted by Crippen LogP contribution is 2.38. The van der Waals surface area contributed by atoms with Gasteiger partial charge in [0, 0.05) is 5.41 Å². The number of hydrogen-bond acceptors (Lipinski definition) is 0. The predicted molar refractivity (Wildman–Crippen MR) is 106 cm³/mol. The van der Waals surface area contributed by atoms with Gasteiger partial charge in [-0.1, -0.05) is 119 Å². The van der Waals surface area contributed by atoms with Crippen molar-refractivity contribution in [1.29, 1.82) is 0 Å². The van der Waals surface area contributed by atoms with Crippen LogP contribution < -0.4 is 0 Å². The average Bonchev–Trinajstić information content (AvgIpc) is 2.66. The van der Waals surface area contributed by atoms with Crippen LogP contribution in [0, 0.1) is 0 Å². The second-order valence-electron chi connectivity index (χ2n) is 6.78. The molecule has 0 spiro atoms. The van der Waals surface area contributed by atoms with E-state index in [4.69, 9.17) is 0 Å². The van der Waals surface area contributed by atoms with Crippen LogP contribution in [0.2, 0.25) is 0 Å². The molecule has 0 aliphatic rings. The predicted octanol–water partition coefficient (Wildman–Crippen LogP) is 7.30.